The molecule has 0 aromatic rings. The van der Waals surface area contributed by atoms with E-state index in [4.69, 9.17) is 19.0 Å². The number of hydrogen-bond donors (Lipinski definition) is 2. The van der Waals surface area contributed by atoms with E-state index in [1.807, 2.05) is 0 Å². The summed E-state index contributed by atoms with van der Waals surface area (Å²) in [6.45, 7) is 7.65. The van der Waals surface area contributed by atoms with Gasteiger partial charge in [-0.05, 0) is 33.6 Å². The summed E-state index contributed by atoms with van der Waals surface area (Å²) in [7, 11) is 1.60. The number of rotatable bonds is 12. The number of carbonyl (C=O) groups is 2. The topological polar surface area (TPSA) is 95.1 Å². The summed E-state index contributed by atoms with van der Waals surface area (Å²) in [4.78, 5) is 27.7. The number of carbonyl (C=O) groups excluding carboxylic acids is 2. The molecule has 8 heteroatoms. The molecule has 23 heavy (non-hydrogen) atoms. The van der Waals surface area contributed by atoms with Gasteiger partial charge in [-0.15, -0.1) is 0 Å². The first-order valence-electron chi connectivity index (χ1n) is 7.79. The second-order valence-corrected chi connectivity index (χ2v) is 5.86. The Morgan fingerprint density at radius 3 is 2.39 bits per heavy atom. The Kier molecular flexibility index (Phi) is 12.3. The average molecular weight is 334 g/mol. The summed E-state index contributed by atoms with van der Waals surface area (Å²) in [5.41, 5.74) is 1.66. The van der Waals surface area contributed by atoms with E-state index in [2.05, 4.69) is 10.8 Å². The van der Waals surface area contributed by atoms with Gasteiger partial charge < -0.3 is 19.5 Å². The molecule has 0 aromatic carbocycles. The van der Waals surface area contributed by atoms with Crippen LogP contribution in [-0.4, -0.2) is 57.7 Å². The van der Waals surface area contributed by atoms with Gasteiger partial charge in [-0.2, -0.15) is 5.48 Å². The van der Waals surface area contributed by atoms with Gasteiger partial charge in [0, 0.05) is 20.1 Å². The maximum absolute atomic E-state index is 11.5. The molecular weight excluding hydrogens is 304 g/mol. The van der Waals surface area contributed by atoms with Gasteiger partial charge in [-0.25, -0.2) is 4.79 Å². The van der Waals surface area contributed by atoms with Crippen molar-refractivity contribution in [2.75, 3.05) is 40.1 Å². The first-order chi connectivity index (χ1) is 10.8. The van der Waals surface area contributed by atoms with Gasteiger partial charge >= 0.3 is 6.09 Å². The highest BCUT2D eigenvalue weighted by Crippen LogP contribution is 2.06. The fraction of sp³-hybridized carbons (Fsp3) is 0.867. The van der Waals surface area contributed by atoms with Crippen LogP contribution in [0.5, 0.6) is 0 Å². The van der Waals surface area contributed by atoms with Crippen molar-refractivity contribution in [3.05, 3.63) is 0 Å². The van der Waals surface area contributed by atoms with Crippen LogP contribution >= 0.6 is 0 Å². The Morgan fingerprint density at radius 1 is 1.00 bits per heavy atom. The summed E-state index contributed by atoms with van der Waals surface area (Å²) in [5, 5.41) is 2.79. The molecule has 2 N–H and O–H groups in total. The van der Waals surface area contributed by atoms with Crippen molar-refractivity contribution in [2.45, 2.75) is 45.6 Å². The van der Waals surface area contributed by atoms with Crippen LogP contribution in [0.2, 0.25) is 0 Å². The highest BCUT2D eigenvalue weighted by atomic mass is 16.7. The Hall–Kier alpha value is -1.38. The molecule has 136 valence electrons. The van der Waals surface area contributed by atoms with E-state index in [-0.39, 0.29) is 5.91 Å². The van der Waals surface area contributed by atoms with Gasteiger partial charge in [0.05, 0.1) is 26.4 Å². The lowest BCUT2D eigenvalue weighted by molar-refractivity contribution is -0.122. The molecule has 0 aliphatic rings. The summed E-state index contributed by atoms with van der Waals surface area (Å²) >= 11 is 0. The summed E-state index contributed by atoms with van der Waals surface area (Å²) in [6.07, 6.45) is 1.19. The smallest absolute Gasteiger partial charge is 0.431 e. The van der Waals surface area contributed by atoms with E-state index in [1.165, 1.54) is 0 Å². The quantitative estimate of drug-likeness (QED) is 0.414. The monoisotopic (exact) mass is 334 g/mol. The third kappa shape index (κ3) is 16.8. The number of amides is 2. The molecule has 0 heterocycles. The Balaban J connectivity index is 3.35. The Labute approximate surface area is 138 Å². The van der Waals surface area contributed by atoms with E-state index in [0.717, 1.165) is 6.42 Å². The summed E-state index contributed by atoms with van der Waals surface area (Å²) in [6, 6.07) is 0. The average Bonchev–Trinajstić information content (AvgIpc) is 2.44. The second-order valence-electron chi connectivity index (χ2n) is 5.86. The van der Waals surface area contributed by atoms with Gasteiger partial charge in [0.25, 0.3) is 0 Å². The van der Waals surface area contributed by atoms with Crippen molar-refractivity contribution >= 4 is 12.0 Å². The van der Waals surface area contributed by atoms with Crippen LogP contribution in [0.3, 0.4) is 0 Å². The zero-order valence-electron chi connectivity index (χ0n) is 14.6. The molecule has 8 nitrogen and oxygen atoms in total. The van der Waals surface area contributed by atoms with Crippen molar-refractivity contribution in [3.63, 3.8) is 0 Å². The van der Waals surface area contributed by atoms with Crippen LogP contribution in [-0.2, 0) is 23.8 Å². The fourth-order valence-electron chi connectivity index (χ4n) is 1.43. The SMILES string of the molecule is COCCOCCC(=O)NCCCCONC(=O)OC(C)(C)C. The maximum atomic E-state index is 11.5. The number of nitrogens with one attached hydrogen (secondary N) is 2. The van der Waals surface area contributed by atoms with Crippen molar-refractivity contribution in [1.29, 1.82) is 0 Å². The van der Waals surface area contributed by atoms with E-state index >= 15 is 0 Å². The zero-order chi connectivity index (χ0) is 17.6. The van der Waals surface area contributed by atoms with Crippen LogP contribution in [0.25, 0.3) is 0 Å². The van der Waals surface area contributed by atoms with Crippen LogP contribution in [0, 0.1) is 0 Å². The number of ether oxygens (including phenoxy) is 3. The molecule has 0 fully saturated rings. The van der Waals surface area contributed by atoms with Gasteiger partial charge in [0.2, 0.25) is 5.91 Å². The first kappa shape index (κ1) is 21.6. The molecule has 2 amide bonds. The fourth-order valence-corrected chi connectivity index (χ4v) is 1.43. The van der Waals surface area contributed by atoms with Gasteiger partial charge in [0.15, 0.2) is 0 Å². The molecule has 0 radical (unpaired) electrons. The molecule has 0 aliphatic carbocycles. The van der Waals surface area contributed by atoms with Gasteiger partial charge in [0.1, 0.15) is 5.60 Å². The van der Waals surface area contributed by atoms with Crippen molar-refractivity contribution < 1.29 is 28.6 Å². The summed E-state index contributed by atoms with van der Waals surface area (Å²) in [5.74, 6) is -0.0461. The molecule has 0 unspecified atom stereocenters. The molecule has 0 saturated heterocycles. The second kappa shape index (κ2) is 13.1. The third-order valence-corrected chi connectivity index (χ3v) is 2.45. The van der Waals surface area contributed by atoms with Crippen LogP contribution in [0.15, 0.2) is 0 Å². The number of methoxy groups -OCH3 is 1. The zero-order valence-corrected chi connectivity index (χ0v) is 14.6. The molecule has 0 spiro atoms. The van der Waals surface area contributed by atoms with Crippen molar-refractivity contribution in [3.8, 4) is 0 Å². The highest BCUT2D eigenvalue weighted by Gasteiger charge is 2.15. The molecule has 0 rings (SSSR count). The maximum Gasteiger partial charge on any atom is 0.431 e. The largest absolute Gasteiger partial charge is 0.442 e. The molecule has 0 aliphatic heterocycles. The van der Waals surface area contributed by atoms with Gasteiger partial charge in [-0.1, -0.05) is 0 Å². The van der Waals surface area contributed by atoms with Crippen molar-refractivity contribution in [1.82, 2.24) is 10.8 Å². The third-order valence-electron chi connectivity index (χ3n) is 2.45. The molecule has 0 aromatic heterocycles. The van der Waals surface area contributed by atoms with Gasteiger partial charge in [-0.3, -0.25) is 9.63 Å². The number of unbranched alkanes of at least 4 members (excludes halogenated alkanes) is 1. The molecule has 0 bridgehead atoms. The van der Waals surface area contributed by atoms with E-state index < -0.39 is 11.7 Å². The Morgan fingerprint density at radius 2 is 1.74 bits per heavy atom. The minimum atomic E-state index is -0.612. The highest BCUT2D eigenvalue weighted by molar-refractivity contribution is 5.75. The van der Waals surface area contributed by atoms with Crippen molar-refractivity contribution in [2.24, 2.45) is 0 Å². The predicted molar refractivity (Wildman–Crippen MR) is 84.9 cm³/mol. The molecule has 0 saturated carbocycles. The first-order valence-corrected chi connectivity index (χ1v) is 7.79. The lowest BCUT2D eigenvalue weighted by atomic mass is 10.2. The number of hydrogen-bond acceptors (Lipinski definition) is 6. The number of hydroxylamine groups is 1. The minimum absolute atomic E-state index is 0.0461. The predicted octanol–water partition coefficient (Wildman–Crippen LogP) is 1.39. The van der Waals surface area contributed by atoms with Crippen LogP contribution in [0.1, 0.15) is 40.0 Å². The minimum Gasteiger partial charge on any atom is -0.442 e. The lowest BCUT2D eigenvalue weighted by Gasteiger charge is -2.19. The molecule has 0 atom stereocenters. The molecular formula is C15H30N2O6. The normalized spacial score (nSPS) is 11.1. The lowest BCUT2D eigenvalue weighted by Crippen LogP contribution is -2.32. The van der Waals surface area contributed by atoms with E-state index in [0.29, 0.717) is 45.8 Å². The van der Waals surface area contributed by atoms with Crippen LogP contribution < -0.4 is 10.8 Å². The Bertz CT molecular complexity index is 330. The summed E-state index contributed by atoms with van der Waals surface area (Å²) < 4.78 is 15.0. The standard InChI is InChI=1S/C15H30N2O6/c1-15(2,3)23-14(19)17-22-9-6-5-8-16-13(18)7-10-21-12-11-20-4/h5-12H2,1-4H3,(H,16,18)(H,17,19). The van der Waals surface area contributed by atoms with Crippen LogP contribution in [0.4, 0.5) is 4.79 Å². The van der Waals surface area contributed by atoms with E-state index in [1.54, 1.807) is 27.9 Å². The van der Waals surface area contributed by atoms with E-state index in [9.17, 15) is 9.59 Å².